The Kier molecular flexibility index (Phi) is 6.54. The third-order valence-corrected chi connectivity index (χ3v) is 6.25. The molecule has 0 spiro atoms. The maximum Gasteiger partial charge on any atom is 0.271 e. The fourth-order valence-electron chi connectivity index (χ4n) is 3.33. The van der Waals surface area contributed by atoms with E-state index in [0.717, 1.165) is 24.5 Å². The van der Waals surface area contributed by atoms with E-state index < -0.39 is 38.3 Å². The van der Waals surface area contributed by atoms with Crippen LogP contribution >= 0.6 is 23.2 Å². The predicted molar refractivity (Wildman–Crippen MR) is 115 cm³/mol. The molecule has 3 rings (SSSR count). The number of anilines is 1. The van der Waals surface area contributed by atoms with E-state index in [4.69, 9.17) is 23.2 Å². The summed E-state index contributed by atoms with van der Waals surface area (Å²) in [5, 5.41) is 14.5. The number of non-ortho nitro benzene ring substituents is 1. The van der Waals surface area contributed by atoms with Gasteiger partial charge in [-0.15, -0.1) is 0 Å². The third kappa shape index (κ3) is 5.33. The molecule has 1 unspecified atom stereocenters. The lowest BCUT2D eigenvalue weighted by atomic mass is 10.1. The van der Waals surface area contributed by atoms with Crippen molar-refractivity contribution in [2.45, 2.75) is 23.8 Å². The van der Waals surface area contributed by atoms with Gasteiger partial charge in [-0.3, -0.25) is 19.7 Å². The minimum absolute atomic E-state index is 0.180. The van der Waals surface area contributed by atoms with Crippen LogP contribution in [0, 0.1) is 10.1 Å². The first-order valence-electron chi connectivity index (χ1n) is 9.03. The van der Waals surface area contributed by atoms with Crippen LogP contribution in [0.1, 0.15) is 23.2 Å². The number of nitrogens with one attached hydrogen (secondary N) is 1. The number of rotatable bonds is 5. The molecule has 12 heteroatoms. The molecule has 2 amide bonds. The van der Waals surface area contributed by atoms with Crippen molar-refractivity contribution < 1.29 is 22.9 Å². The average Bonchev–Trinajstić information content (AvgIpc) is 3.15. The summed E-state index contributed by atoms with van der Waals surface area (Å²) in [5.41, 5.74) is -0.350. The molecule has 164 valence electrons. The van der Waals surface area contributed by atoms with Gasteiger partial charge in [0.05, 0.1) is 9.82 Å². The van der Waals surface area contributed by atoms with Gasteiger partial charge in [0.2, 0.25) is 5.91 Å². The largest absolute Gasteiger partial charge is 0.327 e. The molecule has 2 aromatic rings. The Bertz CT molecular complexity index is 1160. The fourth-order valence-corrected chi connectivity index (χ4v) is 4.53. The third-order valence-electron chi connectivity index (χ3n) is 4.72. The van der Waals surface area contributed by atoms with Crippen LogP contribution in [0.25, 0.3) is 0 Å². The highest BCUT2D eigenvalue weighted by Crippen LogP contribution is 2.27. The van der Waals surface area contributed by atoms with E-state index >= 15 is 0 Å². The summed E-state index contributed by atoms with van der Waals surface area (Å²) in [6.45, 7) is 0.240. The molecule has 1 atom stereocenters. The Morgan fingerprint density at radius 1 is 1.13 bits per heavy atom. The zero-order chi connectivity index (χ0) is 22.9. The standard InChI is InChI=1S/C19H17Cl2N3O6S/c1-31(29,30)16-6-11(5-15(10-16)24(27)28)19(26)23-4-2-3-17(23)18(25)22-14-8-12(20)7-13(21)9-14/h5-10,17H,2-4H2,1H3,(H,22,25). The van der Waals surface area contributed by atoms with Crippen LogP contribution in [0.3, 0.4) is 0 Å². The van der Waals surface area contributed by atoms with Crippen molar-refractivity contribution in [1.29, 1.82) is 0 Å². The first kappa shape index (κ1) is 23.0. The van der Waals surface area contributed by atoms with E-state index in [0.29, 0.717) is 28.6 Å². The molecule has 1 fully saturated rings. The lowest BCUT2D eigenvalue weighted by Crippen LogP contribution is -2.43. The first-order chi connectivity index (χ1) is 14.5. The lowest BCUT2D eigenvalue weighted by Gasteiger charge is -2.24. The molecular weight excluding hydrogens is 469 g/mol. The number of sulfone groups is 1. The highest BCUT2D eigenvalue weighted by molar-refractivity contribution is 7.90. The molecule has 0 aromatic heterocycles. The Balaban J connectivity index is 1.89. The number of amides is 2. The molecule has 0 saturated carbocycles. The summed E-state index contributed by atoms with van der Waals surface area (Å²) >= 11 is 11.9. The van der Waals surface area contributed by atoms with E-state index in [1.54, 1.807) is 0 Å². The second-order valence-corrected chi connectivity index (χ2v) is 9.94. The molecule has 0 aliphatic carbocycles. The van der Waals surface area contributed by atoms with Crippen molar-refractivity contribution in [1.82, 2.24) is 4.90 Å². The number of likely N-dealkylation sites (tertiary alicyclic amines) is 1. The van der Waals surface area contributed by atoms with Crippen LogP contribution in [0.2, 0.25) is 10.0 Å². The van der Waals surface area contributed by atoms with Gasteiger partial charge in [-0.1, -0.05) is 23.2 Å². The van der Waals surface area contributed by atoms with Crippen LogP contribution in [-0.2, 0) is 14.6 Å². The van der Waals surface area contributed by atoms with Gasteiger partial charge in [-0.25, -0.2) is 8.42 Å². The summed E-state index contributed by atoms with van der Waals surface area (Å²) < 4.78 is 23.8. The van der Waals surface area contributed by atoms with E-state index in [-0.39, 0.29) is 17.0 Å². The molecule has 31 heavy (non-hydrogen) atoms. The second-order valence-electron chi connectivity index (χ2n) is 7.05. The SMILES string of the molecule is CS(=O)(=O)c1cc(C(=O)N2CCCC2C(=O)Nc2cc(Cl)cc(Cl)c2)cc([N+](=O)[O-])c1. The molecule has 1 heterocycles. The molecular formula is C19H17Cl2N3O6S. The number of nitrogens with zero attached hydrogens (tertiary/aromatic N) is 2. The molecule has 1 aliphatic rings. The first-order valence-corrected chi connectivity index (χ1v) is 11.7. The number of hydrogen-bond acceptors (Lipinski definition) is 6. The van der Waals surface area contributed by atoms with Crippen LogP contribution in [0.5, 0.6) is 0 Å². The molecule has 1 N–H and O–H groups in total. The number of carbonyl (C=O) groups excluding carboxylic acids is 2. The normalized spacial score (nSPS) is 16.2. The topological polar surface area (TPSA) is 127 Å². The number of benzene rings is 2. The van der Waals surface area contributed by atoms with Gasteiger partial charge in [0.15, 0.2) is 9.84 Å². The second kappa shape index (κ2) is 8.81. The summed E-state index contributed by atoms with van der Waals surface area (Å²) in [7, 11) is -3.80. The minimum Gasteiger partial charge on any atom is -0.327 e. The van der Waals surface area contributed by atoms with Crippen molar-refractivity contribution in [2.24, 2.45) is 0 Å². The predicted octanol–water partition coefficient (Wildman–Crippen LogP) is 3.55. The summed E-state index contributed by atoms with van der Waals surface area (Å²) in [4.78, 5) is 37.2. The Morgan fingerprint density at radius 3 is 2.35 bits per heavy atom. The Labute approximate surface area is 188 Å². The molecule has 1 saturated heterocycles. The van der Waals surface area contributed by atoms with Crippen LogP contribution in [-0.4, -0.2) is 48.9 Å². The number of carbonyl (C=O) groups is 2. The van der Waals surface area contributed by atoms with Crippen LogP contribution in [0.15, 0.2) is 41.3 Å². The summed E-state index contributed by atoms with van der Waals surface area (Å²) in [6, 6.07) is 6.65. The Morgan fingerprint density at radius 2 is 1.77 bits per heavy atom. The van der Waals surface area contributed by atoms with Gasteiger partial charge >= 0.3 is 0 Å². The quantitative estimate of drug-likeness (QED) is 0.509. The number of hydrogen-bond donors (Lipinski definition) is 1. The smallest absolute Gasteiger partial charge is 0.271 e. The molecule has 0 bridgehead atoms. The fraction of sp³-hybridized carbons (Fsp3) is 0.263. The molecule has 0 radical (unpaired) electrons. The van der Waals surface area contributed by atoms with E-state index in [1.165, 1.54) is 23.1 Å². The monoisotopic (exact) mass is 485 g/mol. The van der Waals surface area contributed by atoms with Gasteiger partial charge < -0.3 is 10.2 Å². The van der Waals surface area contributed by atoms with E-state index in [9.17, 15) is 28.1 Å². The highest BCUT2D eigenvalue weighted by Gasteiger charge is 2.35. The zero-order valence-electron chi connectivity index (χ0n) is 16.2. The maximum atomic E-state index is 13.1. The van der Waals surface area contributed by atoms with Gasteiger partial charge in [-0.2, -0.15) is 0 Å². The maximum absolute atomic E-state index is 13.1. The van der Waals surface area contributed by atoms with Gasteiger partial charge in [-0.05, 0) is 37.1 Å². The van der Waals surface area contributed by atoms with Gasteiger partial charge in [0.1, 0.15) is 6.04 Å². The number of nitro groups is 1. The molecule has 9 nitrogen and oxygen atoms in total. The van der Waals surface area contributed by atoms with Crippen molar-refractivity contribution in [3.63, 3.8) is 0 Å². The van der Waals surface area contributed by atoms with Crippen LogP contribution < -0.4 is 5.32 Å². The lowest BCUT2D eigenvalue weighted by molar-refractivity contribution is -0.385. The number of halogens is 2. The highest BCUT2D eigenvalue weighted by atomic mass is 35.5. The zero-order valence-corrected chi connectivity index (χ0v) is 18.5. The average molecular weight is 486 g/mol. The van der Waals surface area contributed by atoms with E-state index in [2.05, 4.69) is 5.32 Å². The molecule has 2 aromatic carbocycles. The minimum atomic E-state index is -3.80. The van der Waals surface area contributed by atoms with Crippen molar-refractivity contribution in [3.05, 3.63) is 62.1 Å². The summed E-state index contributed by atoms with van der Waals surface area (Å²) in [5.74, 6) is -1.15. The van der Waals surface area contributed by atoms with Crippen molar-refractivity contribution >= 4 is 56.2 Å². The van der Waals surface area contributed by atoms with Crippen molar-refractivity contribution in [2.75, 3.05) is 18.1 Å². The van der Waals surface area contributed by atoms with Gasteiger partial charge in [0, 0.05) is 46.2 Å². The number of nitro benzene ring substituents is 1. The van der Waals surface area contributed by atoms with Gasteiger partial charge in [0.25, 0.3) is 11.6 Å². The summed E-state index contributed by atoms with van der Waals surface area (Å²) in [6.07, 6.45) is 1.80. The van der Waals surface area contributed by atoms with Crippen molar-refractivity contribution in [3.8, 4) is 0 Å². The Hall–Kier alpha value is -2.69. The van der Waals surface area contributed by atoms with Crippen LogP contribution in [0.4, 0.5) is 11.4 Å². The van der Waals surface area contributed by atoms with E-state index in [1.807, 2.05) is 0 Å². The molecule has 1 aliphatic heterocycles.